The van der Waals surface area contributed by atoms with Gasteiger partial charge in [-0.2, -0.15) is 13.2 Å². The number of benzene rings is 2. The van der Waals surface area contributed by atoms with Gasteiger partial charge in [-0.05, 0) is 43.2 Å². The van der Waals surface area contributed by atoms with E-state index in [0.717, 1.165) is 34.6 Å². The number of hydrogen-bond acceptors (Lipinski definition) is 2. The van der Waals surface area contributed by atoms with Crippen LogP contribution in [0.5, 0.6) is 0 Å². The number of nitrogens with zero attached hydrogens (tertiary/aromatic N) is 1. The molecule has 1 aliphatic heterocycles. The summed E-state index contributed by atoms with van der Waals surface area (Å²) >= 11 is 1.65. The van der Waals surface area contributed by atoms with E-state index in [2.05, 4.69) is 11.4 Å². The SMILES string of the molecule is Cc1ccc(C2SCCN2C(=O)Nc2cccc(C(F)(F)F)c2)c(C)c1. The predicted molar refractivity (Wildman–Crippen MR) is 98.3 cm³/mol. The first-order valence-electron chi connectivity index (χ1n) is 8.19. The molecule has 0 aliphatic carbocycles. The Bertz CT molecular complexity index is 823. The molecule has 1 aliphatic rings. The lowest BCUT2D eigenvalue weighted by atomic mass is 10.1. The van der Waals surface area contributed by atoms with Gasteiger partial charge >= 0.3 is 12.2 Å². The monoisotopic (exact) mass is 380 g/mol. The third-order valence-electron chi connectivity index (χ3n) is 4.28. The molecule has 1 N–H and O–H groups in total. The van der Waals surface area contributed by atoms with Crippen molar-refractivity contribution in [1.82, 2.24) is 4.90 Å². The van der Waals surface area contributed by atoms with Crippen molar-refractivity contribution in [2.24, 2.45) is 0 Å². The van der Waals surface area contributed by atoms with Gasteiger partial charge in [0.15, 0.2) is 0 Å². The van der Waals surface area contributed by atoms with Crippen molar-refractivity contribution >= 4 is 23.5 Å². The van der Waals surface area contributed by atoms with Crippen LogP contribution in [-0.4, -0.2) is 23.2 Å². The second-order valence-electron chi connectivity index (χ2n) is 6.29. The number of carbonyl (C=O) groups is 1. The molecule has 2 aromatic rings. The van der Waals surface area contributed by atoms with E-state index in [-0.39, 0.29) is 17.1 Å². The van der Waals surface area contributed by atoms with Gasteiger partial charge in [-0.3, -0.25) is 0 Å². The van der Waals surface area contributed by atoms with Gasteiger partial charge in [0.2, 0.25) is 0 Å². The molecule has 138 valence electrons. The molecule has 1 fully saturated rings. The van der Waals surface area contributed by atoms with Crippen molar-refractivity contribution in [3.8, 4) is 0 Å². The minimum absolute atomic E-state index is 0.138. The molecule has 2 aromatic carbocycles. The number of urea groups is 1. The highest BCUT2D eigenvalue weighted by atomic mass is 32.2. The van der Waals surface area contributed by atoms with Gasteiger partial charge in [-0.15, -0.1) is 11.8 Å². The Labute approximate surface area is 154 Å². The number of amides is 2. The summed E-state index contributed by atoms with van der Waals surface area (Å²) in [6.07, 6.45) is -4.44. The van der Waals surface area contributed by atoms with E-state index in [1.165, 1.54) is 12.1 Å². The topological polar surface area (TPSA) is 32.3 Å². The molecule has 7 heteroatoms. The zero-order chi connectivity index (χ0) is 18.9. The van der Waals surface area contributed by atoms with Crippen LogP contribution in [0.1, 0.15) is 27.6 Å². The van der Waals surface area contributed by atoms with Gasteiger partial charge in [0.1, 0.15) is 5.37 Å². The first kappa shape index (κ1) is 18.6. The number of anilines is 1. The van der Waals surface area contributed by atoms with Crippen molar-refractivity contribution in [2.75, 3.05) is 17.6 Å². The highest BCUT2D eigenvalue weighted by Crippen LogP contribution is 2.40. The maximum Gasteiger partial charge on any atom is 0.416 e. The highest BCUT2D eigenvalue weighted by molar-refractivity contribution is 7.99. The molecule has 0 saturated carbocycles. The van der Waals surface area contributed by atoms with Crippen molar-refractivity contribution in [1.29, 1.82) is 0 Å². The number of halogens is 3. The van der Waals surface area contributed by atoms with Crippen LogP contribution in [-0.2, 0) is 6.18 Å². The zero-order valence-corrected chi connectivity index (χ0v) is 15.2. The average Bonchev–Trinajstić information content (AvgIpc) is 3.04. The number of nitrogens with one attached hydrogen (secondary N) is 1. The van der Waals surface area contributed by atoms with Gasteiger partial charge in [-0.1, -0.05) is 29.8 Å². The molecular formula is C19H19F3N2OS. The Morgan fingerprint density at radius 2 is 1.96 bits per heavy atom. The van der Waals surface area contributed by atoms with Gasteiger partial charge in [0, 0.05) is 18.0 Å². The second-order valence-corrected chi connectivity index (χ2v) is 7.47. The molecule has 3 rings (SSSR count). The highest BCUT2D eigenvalue weighted by Gasteiger charge is 2.33. The molecule has 26 heavy (non-hydrogen) atoms. The zero-order valence-electron chi connectivity index (χ0n) is 14.4. The van der Waals surface area contributed by atoms with E-state index < -0.39 is 11.7 Å². The lowest BCUT2D eigenvalue weighted by Crippen LogP contribution is -2.34. The lowest BCUT2D eigenvalue weighted by Gasteiger charge is -2.26. The third kappa shape index (κ3) is 3.98. The first-order valence-corrected chi connectivity index (χ1v) is 9.24. The summed E-state index contributed by atoms with van der Waals surface area (Å²) < 4.78 is 38.5. The summed E-state index contributed by atoms with van der Waals surface area (Å²) in [5.41, 5.74) is 2.66. The maximum absolute atomic E-state index is 12.8. The molecule has 0 bridgehead atoms. The minimum atomic E-state index is -4.44. The number of thioether (sulfide) groups is 1. The van der Waals surface area contributed by atoms with Crippen molar-refractivity contribution < 1.29 is 18.0 Å². The molecule has 1 heterocycles. The minimum Gasteiger partial charge on any atom is -0.308 e. The molecule has 1 unspecified atom stereocenters. The van der Waals surface area contributed by atoms with E-state index in [0.29, 0.717) is 6.54 Å². The maximum atomic E-state index is 12.8. The van der Waals surface area contributed by atoms with Gasteiger partial charge in [-0.25, -0.2) is 4.79 Å². The Morgan fingerprint density at radius 3 is 2.65 bits per heavy atom. The Kier molecular flexibility index (Phi) is 5.18. The molecular weight excluding hydrogens is 361 g/mol. The number of carbonyl (C=O) groups excluding carboxylic acids is 1. The number of alkyl halides is 3. The summed E-state index contributed by atoms with van der Waals surface area (Å²) in [6.45, 7) is 4.56. The Morgan fingerprint density at radius 1 is 1.19 bits per heavy atom. The van der Waals surface area contributed by atoms with Gasteiger partial charge in [0.05, 0.1) is 5.56 Å². The van der Waals surface area contributed by atoms with E-state index in [9.17, 15) is 18.0 Å². The van der Waals surface area contributed by atoms with Crippen LogP contribution in [0.15, 0.2) is 42.5 Å². The van der Waals surface area contributed by atoms with E-state index in [1.54, 1.807) is 16.7 Å². The van der Waals surface area contributed by atoms with Crippen LogP contribution in [0.4, 0.5) is 23.7 Å². The van der Waals surface area contributed by atoms with Crippen molar-refractivity contribution in [3.63, 3.8) is 0 Å². The summed E-state index contributed by atoms with van der Waals surface area (Å²) in [6, 6.07) is 10.4. The van der Waals surface area contributed by atoms with Crippen LogP contribution in [0.2, 0.25) is 0 Å². The molecule has 0 aromatic heterocycles. The molecule has 1 atom stereocenters. The van der Waals surface area contributed by atoms with Gasteiger partial charge in [0.25, 0.3) is 0 Å². The Balaban J connectivity index is 1.79. The molecule has 3 nitrogen and oxygen atoms in total. The van der Waals surface area contributed by atoms with Gasteiger partial charge < -0.3 is 10.2 Å². The molecule has 1 saturated heterocycles. The fourth-order valence-corrected chi connectivity index (χ4v) is 4.36. The molecule has 0 spiro atoms. The standard InChI is InChI=1S/C19H19F3N2OS/c1-12-6-7-16(13(2)10-12)17-24(8-9-26-17)18(25)23-15-5-3-4-14(11-15)19(20,21)22/h3-7,10-11,17H,8-9H2,1-2H3,(H,23,25). The van der Waals surface area contributed by atoms with E-state index in [1.807, 2.05) is 26.0 Å². The number of hydrogen-bond donors (Lipinski definition) is 1. The summed E-state index contributed by atoms with van der Waals surface area (Å²) in [5, 5.41) is 2.46. The normalized spacial score (nSPS) is 17.4. The number of rotatable bonds is 2. The Hall–Kier alpha value is -2.15. The van der Waals surface area contributed by atoms with E-state index >= 15 is 0 Å². The van der Waals surface area contributed by atoms with Crippen LogP contribution >= 0.6 is 11.8 Å². The average molecular weight is 380 g/mol. The summed E-state index contributed by atoms with van der Waals surface area (Å²) in [7, 11) is 0. The van der Waals surface area contributed by atoms with Crippen LogP contribution in [0, 0.1) is 13.8 Å². The van der Waals surface area contributed by atoms with Crippen LogP contribution in [0.25, 0.3) is 0 Å². The summed E-state index contributed by atoms with van der Waals surface area (Å²) in [4.78, 5) is 14.3. The second kappa shape index (κ2) is 7.23. The number of aryl methyl sites for hydroxylation is 2. The fraction of sp³-hybridized carbons (Fsp3) is 0.316. The van der Waals surface area contributed by atoms with Crippen LogP contribution in [0.3, 0.4) is 0 Å². The first-order chi connectivity index (χ1) is 12.3. The van der Waals surface area contributed by atoms with Crippen molar-refractivity contribution in [3.05, 3.63) is 64.7 Å². The quantitative estimate of drug-likeness (QED) is 0.735. The largest absolute Gasteiger partial charge is 0.416 e. The van der Waals surface area contributed by atoms with Crippen molar-refractivity contribution in [2.45, 2.75) is 25.4 Å². The van der Waals surface area contributed by atoms with Crippen LogP contribution < -0.4 is 5.32 Å². The predicted octanol–water partition coefficient (Wildman–Crippen LogP) is 5.60. The summed E-state index contributed by atoms with van der Waals surface area (Å²) in [5.74, 6) is 0.786. The molecule has 0 radical (unpaired) electrons. The smallest absolute Gasteiger partial charge is 0.308 e. The van der Waals surface area contributed by atoms with E-state index in [4.69, 9.17) is 0 Å². The molecule has 2 amide bonds. The third-order valence-corrected chi connectivity index (χ3v) is 5.53. The fourth-order valence-electron chi connectivity index (χ4n) is 3.01. The lowest BCUT2D eigenvalue weighted by molar-refractivity contribution is -0.137.